The Balaban J connectivity index is 2.04. The molecule has 1 aromatic heterocycles. The van der Waals surface area contributed by atoms with Crippen LogP contribution in [0.2, 0.25) is 0 Å². The Morgan fingerprint density at radius 1 is 1.19 bits per heavy atom. The molecule has 0 radical (unpaired) electrons. The van der Waals surface area contributed by atoms with Crippen LogP contribution in [-0.4, -0.2) is 25.5 Å². The predicted molar refractivity (Wildman–Crippen MR) is 103 cm³/mol. The van der Waals surface area contributed by atoms with Crippen LogP contribution in [-0.2, 0) is 0 Å². The van der Waals surface area contributed by atoms with E-state index in [2.05, 4.69) is 31.9 Å². The van der Waals surface area contributed by atoms with Crippen molar-refractivity contribution >= 4 is 54.7 Å². The molecule has 0 N–H and O–H groups in total. The van der Waals surface area contributed by atoms with Gasteiger partial charge >= 0.3 is 6.97 Å². The number of hydrogen-bond donors (Lipinski definition) is 0. The highest BCUT2D eigenvalue weighted by Gasteiger charge is 2.54. The Bertz CT molecular complexity index is 1090. The van der Waals surface area contributed by atoms with Crippen molar-refractivity contribution in [2.45, 2.75) is 6.92 Å². The first kappa shape index (κ1) is 17.4. The quantitative estimate of drug-likeness (QED) is 0.348. The van der Waals surface area contributed by atoms with Crippen molar-refractivity contribution < 1.29 is 18.0 Å². The van der Waals surface area contributed by atoms with Gasteiger partial charge in [-0.05, 0) is 52.7 Å². The molecular formula is C16H10BBr2F2N3O2. The second-order valence-electron chi connectivity index (χ2n) is 6.04. The van der Waals surface area contributed by atoms with Crippen LogP contribution < -0.4 is 0 Å². The van der Waals surface area contributed by atoms with Crippen molar-refractivity contribution in [2.75, 3.05) is 0 Å². The number of aryl methyl sites for hydroxylation is 1. The predicted octanol–water partition coefficient (Wildman–Crippen LogP) is 4.84. The molecule has 4 rings (SSSR count). The number of benzene rings is 1. The highest BCUT2D eigenvalue weighted by Crippen LogP contribution is 2.42. The summed E-state index contributed by atoms with van der Waals surface area (Å²) in [5.41, 5.74) is 2.40. The molecule has 2 aromatic rings. The van der Waals surface area contributed by atoms with Gasteiger partial charge in [-0.1, -0.05) is 0 Å². The number of hydrogen-bond acceptors (Lipinski definition) is 2. The number of fused-ring (bicyclic) bond motifs is 2. The van der Waals surface area contributed by atoms with Gasteiger partial charge in [0.05, 0.1) is 15.1 Å². The van der Waals surface area contributed by atoms with E-state index in [9.17, 15) is 10.1 Å². The first-order valence-corrected chi connectivity index (χ1v) is 9.21. The van der Waals surface area contributed by atoms with Crippen LogP contribution in [0.1, 0.15) is 16.8 Å². The molecule has 0 bridgehead atoms. The number of allylic oxidation sites excluding steroid dienone is 2. The van der Waals surface area contributed by atoms with Gasteiger partial charge in [0, 0.05) is 45.4 Å². The molecule has 1 aromatic carbocycles. The monoisotopic (exact) mass is 483 g/mol. The average Bonchev–Trinajstić information content (AvgIpc) is 3.12. The van der Waals surface area contributed by atoms with Gasteiger partial charge in [0.15, 0.2) is 5.70 Å². The van der Waals surface area contributed by atoms with Crippen molar-refractivity contribution in [1.82, 2.24) is 4.48 Å². The summed E-state index contributed by atoms with van der Waals surface area (Å²) in [4.78, 5) is 10.6. The normalized spacial score (nSPS) is 17.6. The van der Waals surface area contributed by atoms with Crippen LogP contribution in [0.5, 0.6) is 0 Å². The molecule has 0 unspecified atom stereocenters. The highest BCUT2D eigenvalue weighted by atomic mass is 79.9. The van der Waals surface area contributed by atoms with Gasteiger partial charge in [-0.15, -0.1) is 0 Å². The molecule has 0 aliphatic carbocycles. The lowest BCUT2D eigenvalue weighted by atomic mass is 9.86. The van der Waals surface area contributed by atoms with Gasteiger partial charge in [-0.2, -0.15) is 0 Å². The molecule has 5 nitrogen and oxygen atoms in total. The molecule has 0 spiro atoms. The van der Waals surface area contributed by atoms with Crippen molar-refractivity contribution in [3.05, 3.63) is 79.7 Å². The Morgan fingerprint density at radius 3 is 2.58 bits per heavy atom. The van der Waals surface area contributed by atoms with Crippen LogP contribution in [0.3, 0.4) is 0 Å². The maximum absolute atomic E-state index is 15.1. The second kappa shape index (κ2) is 5.72. The van der Waals surface area contributed by atoms with Crippen molar-refractivity contribution in [1.29, 1.82) is 0 Å². The number of rotatable bonds is 2. The van der Waals surface area contributed by atoms with E-state index in [1.807, 2.05) is 0 Å². The van der Waals surface area contributed by atoms with E-state index in [-0.39, 0.29) is 14.9 Å². The fourth-order valence-electron chi connectivity index (χ4n) is 3.44. The van der Waals surface area contributed by atoms with E-state index >= 15 is 8.63 Å². The van der Waals surface area contributed by atoms with Gasteiger partial charge in [0.2, 0.25) is 4.62 Å². The minimum absolute atomic E-state index is 0.00663. The summed E-state index contributed by atoms with van der Waals surface area (Å²) in [5.74, 6) is 0. The van der Waals surface area contributed by atoms with E-state index in [4.69, 9.17) is 0 Å². The minimum atomic E-state index is -4.08. The molecule has 26 heavy (non-hydrogen) atoms. The van der Waals surface area contributed by atoms with Crippen molar-refractivity contribution in [3.8, 4) is 0 Å². The largest absolute Gasteiger partial charge is 0.738 e. The maximum Gasteiger partial charge on any atom is 0.738 e. The number of nitro groups is 1. The maximum atomic E-state index is 15.1. The van der Waals surface area contributed by atoms with E-state index in [1.54, 1.807) is 43.3 Å². The van der Waals surface area contributed by atoms with E-state index in [0.717, 1.165) is 8.96 Å². The summed E-state index contributed by atoms with van der Waals surface area (Å²) in [7, 11) is 0. The third-order valence-corrected chi connectivity index (χ3v) is 5.85. The zero-order valence-corrected chi connectivity index (χ0v) is 16.5. The Hall–Kier alpha value is -2.07. The lowest BCUT2D eigenvalue weighted by molar-refractivity contribution is -0.385. The number of nitro benzene ring substituents is 1. The fourth-order valence-corrected chi connectivity index (χ4v) is 4.58. The van der Waals surface area contributed by atoms with Crippen molar-refractivity contribution in [3.63, 3.8) is 0 Å². The third-order valence-electron chi connectivity index (χ3n) is 4.55. The number of halogens is 4. The first-order chi connectivity index (χ1) is 12.2. The standard InChI is InChI=1S/C16H10BBr2F2N3O2/c1-9-8-10(2-3-11(9)24(25)26)16-12-4-6-14(18)22(12)17(20,21)23-13(16)5-7-15(23)19/h2-8H,1H3. The first-order valence-electron chi connectivity index (χ1n) is 7.62. The van der Waals surface area contributed by atoms with Gasteiger partial charge in [0.25, 0.3) is 5.69 Å². The van der Waals surface area contributed by atoms with Crippen LogP contribution in [0, 0.1) is 17.0 Å². The number of aromatic nitrogens is 1. The summed E-state index contributed by atoms with van der Waals surface area (Å²) < 4.78 is 32.7. The summed E-state index contributed by atoms with van der Waals surface area (Å²) in [6.45, 7) is -2.45. The summed E-state index contributed by atoms with van der Waals surface area (Å²) in [6, 6.07) is 7.84. The van der Waals surface area contributed by atoms with Crippen LogP contribution in [0.4, 0.5) is 14.3 Å². The molecule has 10 heteroatoms. The molecule has 132 valence electrons. The molecular weight excluding hydrogens is 475 g/mol. The summed E-state index contributed by atoms with van der Waals surface area (Å²) >= 11 is 6.41. The van der Waals surface area contributed by atoms with Crippen LogP contribution in [0.25, 0.3) is 5.57 Å². The van der Waals surface area contributed by atoms with Crippen molar-refractivity contribution in [2.24, 2.45) is 0 Å². The SMILES string of the molecule is Cc1cc(C2=C3C=CC(Br)=[N+]3[B-](F)(F)n3c(Br)ccc32)ccc1[N+](=O)[O-]. The summed E-state index contributed by atoms with van der Waals surface area (Å²) in [5, 5.41) is 11.1. The number of nitrogens with zero attached hydrogens (tertiary/aromatic N) is 3. The van der Waals surface area contributed by atoms with Gasteiger partial charge in [-0.3, -0.25) is 10.1 Å². The minimum Gasteiger partial charge on any atom is -0.389 e. The average molecular weight is 485 g/mol. The second-order valence-corrected chi connectivity index (χ2v) is 7.67. The molecule has 0 saturated carbocycles. The Morgan fingerprint density at radius 2 is 1.92 bits per heavy atom. The van der Waals surface area contributed by atoms with E-state index < -0.39 is 11.9 Å². The highest BCUT2D eigenvalue weighted by molar-refractivity contribution is 9.18. The van der Waals surface area contributed by atoms with Gasteiger partial charge in [0.1, 0.15) is 0 Å². The zero-order valence-electron chi connectivity index (χ0n) is 13.3. The lowest BCUT2D eigenvalue weighted by Gasteiger charge is -2.32. The fraction of sp³-hybridized carbons (Fsp3) is 0.0625. The van der Waals surface area contributed by atoms with Gasteiger partial charge < -0.3 is 17.6 Å². The molecule has 0 atom stereocenters. The lowest BCUT2D eigenvalue weighted by Crippen LogP contribution is -2.50. The molecule has 0 saturated heterocycles. The van der Waals surface area contributed by atoms with Crippen LogP contribution in [0.15, 0.2) is 52.8 Å². The molecule has 2 aliphatic rings. The summed E-state index contributed by atoms with van der Waals surface area (Å²) in [6.07, 6.45) is 3.19. The van der Waals surface area contributed by atoms with Crippen LogP contribution >= 0.6 is 31.9 Å². The molecule has 0 fully saturated rings. The molecule has 2 aliphatic heterocycles. The zero-order chi connectivity index (χ0) is 18.8. The smallest absolute Gasteiger partial charge is 0.389 e. The molecule has 0 amide bonds. The van der Waals surface area contributed by atoms with Gasteiger partial charge in [-0.25, -0.2) is 0 Å². The third kappa shape index (κ3) is 2.28. The Kier molecular flexibility index (Phi) is 3.82. The molecule has 3 heterocycles. The topological polar surface area (TPSA) is 51.1 Å². The van der Waals surface area contributed by atoms with E-state index in [1.165, 1.54) is 6.07 Å². The Labute approximate surface area is 163 Å². The van der Waals surface area contributed by atoms with E-state index in [0.29, 0.717) is 28.1 Å².